The van der Waals surface area contributed by atoms with Crippen molar-refractivity contribution in [2.45, 2.75) is 6.54 Å². The van der Waals surface area contributed by atoms with Crippen LogP contribution in [0.1, 0.15) is 5.56 Å². The summed E-state index contributed by atoms with van der Waals surface area (Å²) in [4.78, 5) is 19.6. The zero-order valence-electron chi connectivity index (χ0n) is 12.4. The molecule has 1 amide bonds. The SMILES string of the molecule is CN(CC(=O)N1CCNCC1)Cc1c[nH]c2ccccc12. The second kappa shape index (κ2) is 6.28. The normalized spacial score (nSPS) is 15.8. The van der Waals surface area contributed by atoms with Crippen LogP contribution >= 0.6 is 0 Å². The van der Waals surface area contributed by atoms with Gasteiger partial charge in [-0.3, -0.25) is 9.69 Å². The summed E-state index contributed by atoms with van der Waals surface area (Å²) in [6, 6.07) is 8.27. The second-order valence-corrected chi connectivity index (χ2v) is 5.66. The highest BCUT2D eigenvalue weighted by Crippen LogP contribution is 2.18. The molecule has 0 radical (unpaired) electrons. The van der Waals surface area contributed by atoms with Crippen LogP contribution in [0.2, 0.25) is 0 Å². The number of piperazine rings is 1. The Morgan fingerprint density at radius 1 is 1.29 bits per heavy atom. The fourth-order valence-electron chi connectivity index (χ4n) is 2.85. The van der Waals surface area contributed by atoms with Crippen molar-refractivity contribution in [2.75, 3.05) is 39.8 Å². The Labute approximate surface area is 124 Å². The first-order chi connectivity index (χ1) is 10.2. The first kappa shape index (κ1) is 14.1. The predicted octanol–water partition coefficient (Wildman–Crippen LogP) is 1.03. The van der Waals surface area contributed by atoms with Crippen LogP contribution in [0.15, 0.2) is 30.5 Å². The van der Waals surface area contributed by atoms with Crippen molar-refractivity contribution in [1.82, 2.24) is 20.1 Å². The zero-order valence-corrected chi connectivity index (χ0v) is 12.4. The molecule has 0 aliphatic carbocycles. The number of H-pyrrole nitrogens is 1. The first-order valence-electron chi connectivity index (χ1n) is 7.46. The highest BCUT2D eigenvalue weighted by Gasteiger charge is 2.18. The molecule has 2 heterocycles. The van der Waals surface area contributed by atoms with Gasteiger partial charge in [-0.05, 0) is 18.7 Å². The maximum absolute atomic E-state index is 12.2. The smallest absolute Gasteiger partial charge is 0.236 e. The molecule has 1 aliphatic heterocycles. The predicted molar refractivity (Wildman–Crippen MR) is 84.1 cm³/mol. The summed E-state index contributed by atoms with van der Waals surface area (Å²) in [5, 5.41) is 4.50. The van der Waals surface area contributed by atoms with Crippen LogP contribution in [0.3, 0.4) is 0 Å². The third kappa shape index (κ3) is 3.25. The van der Waals surface area contributed by atoms with Crippen molar-refractivity contribution < 1.29 is 4.79 Å². The quantitative estimate of drug-likeness (QED) is 0.883. The number of carbonyl (C=O) groups excluding carboxylic acids is 1. The number of fused-ring (bicyclic) bond motifs is 1. The number of nitrogens with one attached hydrogen (secondary N) is 2. The molecule has 0 atom stereocenters. The summed E-state index contributed by atoms with van der Waals surface area (Å²) in [7, 11) is 2.00. The molecule has 1 saturated heterocycles. The van der Waals surface area contributed by atoms with Crippen LogP contribution in [-0.2, 0) is 11.3 Å². The maximum Gasteiger partial charge on any atom is 0.236 e. The van der Waals surface area contributed by atoms with Gasteiger partial charge >= 0.3 is 0 Å². The highest BCUT2D eigenvalue weighted by atomic mass is 16.2. The van der Waals surface area contributed by atoms with Crippen molar-refractivity contribution in [1.29, 1.82) is 0 Å². The number of benzene rings is 1. The summed E-state index contributed by atoms with van der Waals surface area (Å²) in [5.41, 5.74) is 2.38. The van der Waals surface area contributed by atoms with Crippen LogP contribution in [0, 0.1) is 0 Å². The molecule has 0 bridgehead atoms. The van der Waals surface area contributed by atoms with Gasteiger partial charge in [-0.2, -0.15) is 0 Å². The average Bonchev–Trinajstić information content (AvgIpc) is 2.91. The van der Waals surface area contributed by atoms with E-state index in [0.717, 1.165) is 38.2 Å². The molecule has 1 aromatic heterocycles. The van der Waals surface area contributed by atoms with Crippen LogP contribution < -0.4 is 5.32 Å². The van der Waals surface area contributed by atoms with Crippen LogP contribution in [-0.4, -0.2) is 60.5 Å². The average molecular weight is 286 g/mol. The van der Waals surface area contributed by atoms with Crippen molar-refractivity contribution in [3.63, 3.8) is 0 Å². The number of rotatable bonds is 4. The molecule has 2 aromatic rings. The van der Waals surface area contributed by atoms with E-state index < -0.39 is 0 Å². The molecular formula is C16H22N4O. The van der Waals surface area contributed by atoms with Gasteiger partial charge in [-0.25, -0.2) is 0 Å². The minimum Gasteiger partial charge on any atom is -0.361 e. The zero-order chi connectivity index (χ0) is 14.7. The topological polar surface area (TPSA) is 51.4 Å². The van der Waals surface area contributed by atoms with E-state index in [0.29, 0.717) is 6.54 Å². The molecule has 5 nitrogen and oxygen atoms in total. The van der Waals surface area contributed by atoms with E-state index in [-0.39, 0.29) is 5.91 Å². The van der Waals surface area contributed by atoms with E-state index in [1.54, 1.807) is 0 Å². The molecule has 3 rings (SSSR count). The van der Waals surface area contributed by atoms with Crippen LogP contribution in [0.4, 0.5) is 0 Å². The number of aromatic amines is 1. The monoisotopic (exact) mass is 286 g/mol. The van der Waals surface area contributed by atoms with Gasteiger partial charge in [0.15, 0.2) is 0 Å². The molecule has 1 aliphatic rings. The van der Waals surface area contributed by atoms with E-state index in [4.69, 9.17) is 0 Å². The lowest BCUT2D eigenvalue weighted by molar-refractivity contribution is -0.132. The summed E-state index contributed by atoms with van der Waals surface area (Å²) >= 11 is 0. The Morgan fingerprint density at radius 3 is 2.86 bits per heavy atom. The summed E-state index contributed by atoms with van der Waals surface area (Å²) in [5.74, 6) is 0.221. The number of likely N-dealkylation sites (N-methyl/N-ethyl adjacent to an activating group) is 1. The van der Waals surface area contributed by atoms with Gasteiger partial charge in [0.1, 0.15) is 0 Å². The van der Waals surface area contributed by atoms with Crippen molar-refractivity contribution in [3.8, 4) is 0 Å². The van der Waals surface area contributed by atoms with Crippen molar-refractivity contribution in [3.05, 3.63) is 36.0 Å². The molecule has 2 N–H and O–H groups in total. The van der Waals surface area contributed by atoms with Gasteiger partial charge in [0.2, 0.25) is 5.91 Å². The Balaban J connectivity index is 1.60. The third-order valence-electron chi connectivity index (χ3n) is 3.99. The number of nitrogens with zero attached hydrogens (tertiary/aromatic N) is 2. The fraction of sp³-hybridized carbons (Fsp3) is 0.438. The molecule has 21 heavy (non-hydrogen) atoms. The highest BCUT2D eigenvalue weighted by molar-refractivity contribution is 5.83. The molecule has 1 aromatic carbocycles. The third-order valence-corrected chi connectivity index (χ3v) is 3.99. The van der Waals surface area contributed by atoms with Gasteiger partial charge in [0, 0.05) is 49.8 Å². The number of hydrogen-bond donors (Lipinski definition) is 2. The van der Waals surface area contributed by atoms with Crippen molar-refractivity contribution >= 4 is 16.8 Å². The Hall–Kier alpha value is -1.85. The van der Waals surface area contributed by atoms with Crippen molar-refractivity contribution in [2.24, 2.45) is 0 Å². The lowest BCUT2D eigenvalue weighted by Crippen LogP contribution is -2.49. The number of carbonyl (C=O) groups is 1. The number of amides is 1. The molecular weight excluding hydrogens is 264 g/mol. The Morgan fingerprint density at radius 2 is 2.05 bits per heavy atom. The van der Waals surface area contributed by atoms with Crippen LogP contribution in [0.5, 0.6) is 0 Å². The molecule has 0 saturated carbocycles. The summed E-state index contributed by atoms with van der Waals surface area (Å²) in [6.07, 6.45) is 2.04. The van der Waals surface area contributed by atoms with Gasteiger partial charge in [0.25, 0.3) is 0 Å². The van der Waals surface area contributed by atoms with E-state index in [1.165, 1.54) is 10.9 Å². The second-order valence-electron chi connectivity index (χ2n) is 5.66. The maximum atomic E-state index is 12.2. The van der Waals surface area contributed by atoms with Crippen LogP contribution in [0.25, 0.3) is 10.9 Å². The first-order valence-corrected chi connectivity index (χ1v) is 7.46. The summed E-state index contributed by atoms with van der Waals surface area (Å²) in [6.45, 7) is 4.69. The van der Waals surface area contributed by atoms with E-state index >= 15 is 0 Å². The molecule has 112 valence electrons. The standard InChI is InChI=1S/C16H22N4O/c1-19(12-16(21)20-8-6-17-7-9-20)11-13-10-18-15-5-3-2-4-14(13)15/h2-5,10,17-18H,6-9,11-12H2,1H3. The minimum absolute atomic E-state index is 0.221. The Bertz CT molecular complexity index is 616. The molecule has 0 spiro atoms. The van der Waals surface area contributed by atoms with E-state index in [1.807, 2.05) is 30.3 Å². The van der Waals surface area contributed by atoms with Gasteiger partial charge in [-0.15, -0.1) is 0 Å². The summed E-state index contributed by atoms with van der Waals surface area (Å²) < 4.78 is 0. The lowest BCUT2D eigenvalue weighted by Gasteiger charge is -2.29. The number of hydrogen-bond acceptors (Lipinski definition) is 3. The molecule has 5 heteroatoms. The van der Waals surface area contributed by atoms with Gasteiger partial charge in [0.05, 0.1) is 6.54 Å². The van der Waals surface area contributed by atoms with Gasteiger partial charge < -0.3 is 15.2 Å². The number of para-hydroxylation sites is 1. The largest absolute Gasteiger partial charge is 0.361 e. The van der Waals surface area contributed by atoms with Gasteiger partial charge in [-0.1, -0.05) is 18.2 Å². The van der Waals surface area contributed by atoms with E-state index in [2.05, 4.69) is 27.3 Å². The minimum atomic E-state index is 0.221. The lowest BCUT2D eigenvalue weighted by atomic mass is 10.1. The van der Waals surface area contributed by atoms with E-state index in [9.17, 15) is 4.79 Å². The molecule has 0 unspecified atom stereocenters. The fourth-order valence-corrected chi connectivity index (χ4v) is 2.85. The molecule has 1 fully saturated rings. The number of aromatic nitrogens is 1. The Kier molecular flexibility index (Phi) is 4.22.